The van der Waals surface area contributed by atoms with Gasteiger partial charge in [-0.2, -0.15) is 4.57 Å². The van der Waals surface area contributed by atoms with E-state index in [4.69, 9.17) is 0 Å². The van der Waals surface area contributed by atoms with E-state index in [0.717, 1.165) is 12.1 Å². The van der Waals surface area contributed by atoms with E-state index in [1.165, 1.54) is 12.4 Å². The van der Waals surface area contributed by atoms with Crippen LogP contribution in [0.1, 0.15) is 10.4 Å². The summed E-state index contributed by atoms with van der Waals surface area (Å²) in [6.07, 6.45) is -0.980. The van der Waals surface area contributed by atoms with Crippen molar-refractivity contribution in [3.63, 3.8) is 0 Å². The van der Waals surface area contributed by atoms with Crippen LogP contribution in [0.4, 0.5) is 96.6 Å². The van der Waals surface area contributed by atoms with Gasteiger partial charge in [0.15, 0.2) is 82.2 Å². The number of benzene rings is 5. The van der Waals surface area contributed by atoms with Crippen LogP contribution >= 0.6 is 0 Å². The first-order valence-electron chi connectivity index (χ1n) is 15.9. The van der Waals surface area contributed by atoms with Crippen molar-refractivity contribution in [3.8, 4) is 0 Å². The molecule has 26 heteroatoms. The van der Waals surface area contributed by atoms with E-state index in [-0.39, 0.29) is 12.1 Å². The zero-order chi connectivity index (χ0) is 46.6. The molecule has 0 atom stereocenters. The third kappa shape index (κ3) is 7.22. The largest absolute Gasteiger partial charge is 0.287 e. The fraction of sp³-hybridized carbons (Fsp3) is 0.0278. The van der Waals surface area contributed by atoms with E-state index in [0.29, 0.717) is 6.07 Å². The predicted octanol–water partition coefficient (Wildman–Crippen LogP) is 7.38. The molecule has 0 spiro atoms. The summed E-state index contributed by atoms with van der Waals surface area (Å²) in [5, 5.41) is 0. The standard InChI is InChI=1S/C24BF20.C12H9F2N2O/c26-5-1(6(27)14(35)21(42)13(5)34)25(2-7(28)15(36)22(43)16(37)8(2)29,3-9(30)17(38)23(44)18(39)10(3)31)4-11(32)19(40)24(45)20(41)12(4)33;13-9-1-2-10(11(14)7-9)12(17)8-16-5-3-15-4-6-16/h;1-7H,8H2/q-1;+1. The lowest BCUT2D eigenvalue weighted by atomic mass is 9.12. The van der Waals surface area contributed by atoms with Crippen LogP contribution in [0.2, 0.25) is 0 Å². The Hall–Kier alpha value is -6.63. The van der Waals surface area contributed by atoms with Crippen LogP contribution in [0, 0.1) is 128 Å². The van der Waals surface area contributed by atoms with Gasteiger partial charge in [0.2, 0.25) is 12.3 Å². The number of aromatic nitrogens is 2. The van der Waals surface area contributed by atoms with Gasteiger partial charge in [0.25, 0.3) is 0 Å². The van der Waals surface area contributed by atoms with Crippen molar-refractivity contribution in [1.29, 1.82) is 0 Å². The van der Waals surface area contributed by atoms with E-state index in [1.807, 2.05) is 0 Å². The number of halogens is 22. The summed E-state index contributed by atoms with van der Waals surface area (Å²) in [5.74, 6) is -73.4. The Kier molecular flexibility index (Phi) is 12.8. The SMILES string of the molecule is Fc1c(F)c(F)c([B-](c2c(F)c(F)c(F)c(F)c2F)(c2c(F)c(F)c(F)c(F)c2F)c2c(F)c(F)c(F)c(F)c2F)c(F)c1F.O=C(C[n+]1ccncc1)c1ccc(F)cc1F. The minimum atomic E-state index is -7.22. The number of carbonyl (C=O) groups excluding carboxylic acids is 1. The molecule has 0 aliphatic rings. The molecule has 6 rings (SSSR count). The highest BCUT2D eigenvalue weighted by atomic mass is 19.2. The third-order valence-corrected chi connectivity index (χ3v) is 8.95. The molecule has 62 heavy (non-hydrogen) atoms. The van der Waals surface area contributed by atoms with Crippen LogP contribution in [-0.2, 0) is 6.54 Å². The molecular formula is C36H9BF22N2O. The highest BCUT2D eigenvalue weighted by Gasteiger charge is 2.52. The Balaban J connectivity index is 0.000000355. The summed E-state index contributed by atoms with van der Waals surface area (Å²) in [5.41, 5.74) is -14.4. The molecule has 3 nitrogen and oxygen atoms in total. The number of ketones is 1. The summed E-state index contributed by atoms with van der Waals surface area (Å²) < 4.78 is 322. The van der Waals surface area contributed by atoms with Crippen molar-refractivity contribution in [2.75, 3.05) is 0 Å². The molecular weight excluding hydrogens is 905 g/mol. The fourth-order valence-corrected chi connectivity index (χ4v) is 6.29. The maximum absolute atomic E-state index is 15.4. The molecule has 1 heterocycles. The highest BCUT2D eigenvalue weighted by Crippen LogP contribution is 2.30. The Morgan fingerprint density at radius 2 is 0.661 bits per heavy atom. The summed E-state index contributed by atoms with van der Waals surface area (Å²) in [4.78, 5) is 15.5. The molecule has 6 aromatic rings. The molecule has 0 bridgehead atoms. The maximum Gasteiger partial charge on any atom is 0.230 e. The molecule has 0 radical (unpaired) electrons. The number of rotatable bonds is 7. The highest BCUT2D eigenvalue weighted by molar-refractivity contribution is 7.20. The monoisotopic (exact) mass is 914 g/mol. The van der Waals surface area contributed by atoms with Gasteiger partial charge in [0.1, 0.15) is 64.3 Å². The van der Waals surface area contributed by atoms with E-state index >= 15 is 35.1 Å². The van der Waals surface area contributed by atoms with Crippen molar-refractivity contribution >= 4 is 33.8 Å². The summed E-state index contributed by atoms with van der Waals surface area (Å²) >= 11 is 0. The van der Waals surface area contributed by atoms with Crippen LogP contribution in [0.15, 0.2) is 43.0 Å². The average molecular weight is 914 g/mol. The van der Waals surface area contributed by atoms with Crippen molar-refractivity contribution in [2.24, 2.45) is 0 Å². The zero-order valence-electron chi connectivity index (χ0n) is 28.9. The van der Waals surface area contributed by atoms with E-state index < -0.39 is 162 Å². The van der Waals surface area contributed by atoms with Gasteiger partial charge in [-0.1, -0.05) is 0 Å². The Morgan fingerprint density at radius 3 is 0.919 bits per heavy atom. The van der Waals surface area contributed by atoms with E-state index in [1.54, 1.807) is 17.0 Å². The number of Topliss-reactive ketones (excluding diaryl/α,β-unsaturated/α-hetero) is 1. The van der Waals surface area contributed by atoms with Gasteiger partial charge in [0.05, 0.1) is 18.0 Å². The smallest absolute Gasteiger partial charge is 0.230 e. The second-order valence-electron chi connectivity index (χ2n) is 12.3. The fourth-order valence-electron chi connectivity index (χ4n) is 6.29. The Bertz CT molecular complexity index is 2440. The summed E-state index contributed by atoms with van der Waals surface area (Å²) in [6.45, 7) is -0.00886. The summed E-state index contributed by atoms with van der Waals surface area (Å²) in [6, 6.07) is 2.91. The van der Waals surface area contributed by atoms with Crippen LogP contribution in [0.3, 0.4) is 0 Å². The first-order valence-corrected chi connectivity index (χ1v) is 15.9. The molecule has 5 aromatic carbocycles. The van der Waals surface area contributed by atoms with Gasteiger partial charge in [-0.25, -0.2) is 96.6 Å². The molecule has 0 saturated heterocycles. The first-order chi connectivity index (χ1) is 28.9. The van der Waals surface area contributed by atoms with Gasteiger partial charge in [-0.3, -0.25) is 9.78 Å². The lowest BCUT2D eigenvalue weighted by Crippen LogP contribution is -2.81. The molecule has 0 fully saturated rings. The number of nitrogens with zero attached hydrogens (tertiary/aromatic N) is 2. The van der Waals surface area contributed by atoms with Gasteiger partial charge in [0, 0.05) is 6.07 Å². The van der Waals surface area contributed by atoms with Crippen molar-refractivity contribution in [1.82, 2.24) is 4.98 Å². The van der Waals surface area contributed by atoms with Gasteiger partial charge < -0.3 is 0 Å². The molecule has 1 aromatic heterocycles. The topological polar surface area (TPSA) is 33.8 Å². The number of carbonyl (C=O) groups is 1. The quantitative estimate of drug-likeness (QED) is 0.0419. The minimum Gasteiger partial charge on any atom is -0.287 e. The number of hydrogen-bond donors (Lipinski definition) is 0. The van der Waals surface area contributed by atoms with Crippen LogP contribution in [-0.4, -0.2) is 16.9 Å². The van der Waals surface area contributed by atoms with Crippen molar-refractivity contribution in [2.45, 2.75) is 6.54 Å². The molecule has 0 unspecified atom stereocenters. The lowest BCUT2D eigenvalue weighted by Gasteiger charge is -2.44. The first kappa shape index (κ1) is 46.4. The Labute approximate surface area is 328 Å². The molecule has 0 aliphatic heterocycles. The Morgan fingerprint density at radius 1 is 0.403 bits per heavy atom. The van der Waals surface area contributed by atoms with Crippen LogP contribution in [0.5, 0.6) is 0 Å². The average Bonchev–Trinajstić information content (AvgIpc) is 3.24. The normalized spacial score (nSPS) is 11.5. The minimum absolute atomic E-state index is 0.00886. The molecule has 0 saturated carbocycles. The van der Waals surface area contributed by atoms with Crippen LogP contribution in [0.25, 0.3) is 0 Å². The van der Waals surface area contributed by atoms with Crippen molar-refractivity contribution in [3.05, 3.63) is 177 Å². The number of hydrogen-bond acceptors (Lipinski definition) is 2. The molecule has 0 N–H and O–H groups in total. The third-order valence-electron chi connectivity index (χ3n) is 8.95. The second kappa shape index (κ2) is 17.0. The van der Waals surface area contributed by atoms with Crippen molar-refractivity contribution < 1.29 is 106 Å². The second-order valence-corrected chi connectivity index (χ2v) is 12.3. The van der Waals surface area contributed by atoms with Gasteiger partial charge in [-0.05, 0) is 12.1 Å². The van der Waals surface area contributed by atoms with Gasteiger partial charge in [-0.15, -0.1) is 21.9 Å². The molecule has 0 aliphatic carbocycles. The van der Waals surface area contributed by atoms with Crippen LogP contribution < -0.4 is 26.4 Å². The van der Waals surface area contributed by atoms with E-state index in [9.17, 15) is 66.3 Å². The zero-order valence-corrected chi connectivity index (χ0v) is 28.9. The summed E-state index contributed by atoms with van der Waals surface area (Å²) in [7, 11) is 0. The van der Waals surface area contributed by atoms with E-state index in [2.05, 4.69) is 4.98 Å². The van der Waals surface area contributed by atoms with Gasteiger partial charge >= 0.3 is 0 Å². The molecule has 326 valence electrons. The predicted molar refractivity (Wildman–Crippen MR) is 164 cm³/mol. The maximum atomic E-state index is 15.4. The molecule has 0 amide bonds. The lowest BCUT2D eigenvalue weighted by molar-refractivity contribution is -0.683.